The second-order valence-electron chi connectivity index (χ2n) is 4.08. The quantitative estimate of drug-likeness (QED) is 0.908. The molecule has 5 nitrogen and oxygen atoms in total. The molecule has 2 N–H and O–H groups in total. The van der Waals surface area contributed by atoms with Crippen molar-refractivity contribution in [1.29, 1.82) is 5.26 Å². The average Bonchev–Trinajstić information content (AvgIpc) is 2.49. The highest BCUT2D eigenvalue weighted by Gasteiger charge is 2.12. The molecule has 0 aliphatic rings. The first kappa shape index (κ1) is 14.3. The van der Waals surface area contributed by atoms with Gasteiger partial charge < -0.3 is 15.4 Å². The maximum absolute atomic E-state index is 12.8. The largest absolute Gasteiger partial charge is 0.495 e. The molecule has 0 spiro atoms. The lowest BCUT2D eigenvalue weighted by Crippen LogP contribution is -2.20. The average molecular weight is 285 g/mol. The van der Waals surface area contributed by atoms with Gasteiger partial charge in [0, 0.05) is 5.69 Å². The van der Waals surface area contributed by atoms with E-state index in [1.165, 1.54) is 31.4 Å². The maximum atomic E-state index is 12.8. The van der Waals surface area contributed by atoms with Crippen LogP contribution in [-0.2, 0) is 0 Å². The van der Waals surface area contributed by atoms with E-state index in [2.05, 4.69) is 10.6 Å². The summed E-state index contributed by atoms with van der Waals surface area (Å²) >= 11 is 0. The highest BCUT2D eigenvalue weighted by Crippen LogP contribution is 2.27. The SMILES string of the molecule is COc1cccc(C#N)c1NC(=O)Nc1ccc(F)cc1. The number of nitrogens with zero attached hydrogens (tertiary/aromatic N) is 1. The summed E-state index contributed by atoms with van der Waals surface area (Å²) < 4.78 is 17.9. The third-order valence-electron chi connectivity index (χ3n) is 2.71. The molecular formula is C15H12FN3O2. The van der Waals surface area contributed by atoms with Crippen LogP contribution >= 0.6 is 0 Å². The minimum Gasteiger partial charge on any atom is -0.495 e. The van der Waals surface area contributed by atoms with E-state index in [1.54, 1.807) is 18.2 Å². The number of nitrogens with one attached hydrogen (secondary N) is 2. The number of methoxy groups -OCH3 is 1. The standard InChI is InChI=1S/C15H12FN3O2/c1-21-13-4-2-3-10(9-17)14(13)19-15(20)18-12-7-5-11(16)6-8-12/h2-8H,1H3,(H2,18,19,20). The van der Waals surface area contributed by atoms with Crippen LogP contribution in [0.15, 0.2) is 42.5 Å². The van der Waals surface area contributed by atoms with Crippen molar-refractivity contribution >= 4 is 17.4 Å². The molecule has 0 heterocycles. The Bertz CT molecular complexity index is 693. The molecule has 0 radical (unpaired) electrons. The Morgan fingerprint density at radius 2 is 1.90 bits per heavy atom. The van der Waals surface area contributed by atoms with Gasteiger partial charge in [-0.25, -0.2) is 9.18 Å². The van der Waals surface area contributed by atoms with Crippen molar-refractivity contribution in [2.24, 2.45) is 0 Å². The topological polar surface area (TPSA) is 74.1 Å². The Labute approximate surface area is 121 Å². The van der Waals surface area contributed by atoms with Gasteiger partial charge in [0.1, 0.15) is 23.3 Å². The zero-order valence-corrected chi connectivity index (χ0v) is 11.2. The Morgan fingerprint density at radius 1 is 1.19 bits per heavy atom. The van der Waals surface area contributed by atoms with Crippen LogP contribution < -0.4 is 15.4 Å². The molecule has 2 aromatic carbocycles. The van der Waals surface area contributed by atoms with E-state index in [4.69, 9.17) is 10.00 Å². The van der Waals surface area contributed by atoms with E-state index >= 15 is 0 Å². The zero-order valence-electron chi connectivity index (χ0n) is 11.2. The Kier molecular flexibility index (Phi) is 4.36. The number of nitriles is 1. The summed E-state index contributed by atoms with van der Waals surface area (Å²) in [5, 5.41) is 14.1. The van der Waals surface area contributed by atoms with Gasteiger partial charge in [-0.3, -0.25) is 0 Å². The number of rotatable bonds is 3. The van der Waals surface area contributed by atoms with Crippen LogP contribution in [-0.4, -0.2) is 13.1 Å². The van der Waals surface area contributed by atoms with Crippen molar-refractivity contribution in [3.8, 4) is 11.8 Å². The molecule has 2 aromatic rings. The summed E-state index contributed by atoms with van der Waals surface area (Å²) in [6.07, 6.45) is 0. The summed E-state index contributed by atoms with van der Waals surface area (Å²) in [5.74, 6) is -0.0132. The number of hydrogen-bond donors (Lipinski definition) is 2. The number of carbonyl (C=O) groups is 1. The van der Waals surface area contributed by atoms with Crippen molar-refractivity contribution in [1.82, 2.24) is 0 Å². The molecule has 2 amide bonds. The molecule has 6 heteroatoms. The van der Waals surface area contributed by atoms with Crippen LogP contribution in [0.5, 0.6) is 5.75 Å². The van der Waals surface area contributed by atoms with Gasteiger partial charge in [0.2, 0.25) is 0 Å². The highest BCUT2D eigenvalue weighted by atomic mass is 19.1. The van der Waals surface area contributed by atoms with Crippen molar-refractivity contribution in [2.45, 2.75) is 0 Å². The van der Waals surface area contributed by atoms with Crippen LogP contribution in [0.2, 0.25) is 0 Å². The Hall–Kier alpha value is -3.07. The maximum Gasteiger partial charge on any atom is 0.323 e. The second kappa shape index (κ2) is 6.39. The van der Waals surface area contributed by atoms with Gasteiger partial charge in [0.05, 0.1) is 12.7 Å². The summed E-state index contributed by atoms with van der Waals surface area (Å²) in [6, 6.07) is 11.6. The molecule has 0 saturated carbocycles. The molecule has 0 atom stereocenters. The number of halogens is 1. The fraction of sp³-hybridized carbons (Fsp3) is 0.0667. The number of anilines is 2. The van der Waals surface area contributed by atoms with Crippen molar-refractivity contribution in [3.05, 3.63) is 53.8 Å². The number of hydrogen-bond acceptors (Lipinski definition) is 3. The first-order chi connectivity index (χ1) is 10.1. The van der Waals surface area contributed by atoms with E-state index in [-0.39, 0.29) is 11.3 Å². The predicted octanol–water partition coefficient (Wildman–Crippen LogP) is 3.35. The zero-order chi connectivity index (χ0) is 15.2. The van der Waals surface area contributed by atoms with Gasteiger partial charge >= 0.3 is 6.03 Å². The van der Waals surface area contributed by atoms with Gasteiger partial charge in [-0.05, 0) is 36.4 Å². The van der Waals surface area contributed by atoms with Crippen molar-refractivity contribution < 1.29 is 13.9 Å². The van der Waals surface area contributed by atoms with Gasteiger partial charge in [-0.15, -0.1) is 0 Å². The second-order valence-corrected chi connectivity index (χ2v) is 4.08. The predicted molar refractivity (Wildman–Crippen MR) is 76.8 cm³/mol. The van der Waals surface area contributed by atoms with E-state index < -0.39 is 11.8 Å². The molecule has 0 fully saturated rings. The number of urea groups is 1. The lowest BCUT2D eigenvalue weighted by molar-refractivity contribution is 0.262. The van der Waals surface area contributed by atoms with Crippen molar-refractivity contribution in [3.63, 3.8) is 0 Å². The fourth-order valence-corrected chi connectivity index (χ4v) is 1.73. The van der Waals surface area contributed by atoms with Crippen LogP contribution in [0.4, 0.5) is 20.6 Å². The van der Waals surface area contributed by atoms with E-state index in [0.29, 0.717) is 11.4 Å². The number of amides is 2. The molecule has 0 aromatic heterocycles. The molecule has 0 bridgehead atoms. The first-order valence-corrected chi connectivity index (χ1v) is 6.04. The first-order valence-electron chi connectivity index (χ1n) is 6.04. The molecule has 0 unspecified atom stereocenters. The number of carbonyl (C=O) groups excluding carboxylic acids is 1. The third kappa shape index (κ3) is 3.48. The molecule has 21 heavy (non-hydrogen) atoms. The third-order valence-corrected chi connectivity index (χ3v) is 2.71. The Morgan fingerprint density at radius 3 is 2.52 bits per heavy atom. The normalized spacial score (nSPS) is 9.57. The van der Waals surface area contributed by atoms with Gasteiger partial charge in [-0.1, -0.05) is 6.07 Å². The van der Waals surface area contributed by atoms with E-state index in [0.717, 1.165) is 0 Å². The fourth-order valence-electron chi connectivity index (χ4n) is 1.73. The molecule has 0 aliphatic carbocycles. The molecule has 106 valence electrons. The van der Waals surface area contributed by atoms with E-state index in [9.17, 15) is 9.18 Å². The van der Waals surface area contributed by atoms with E-state index in [1.807, 2.05) is 6.07 Å². The lowest BCUT2D eigenvalue weighted by Gasteiger charge is -2.12. The molecule has 2 rings (SSSR count). The summed E-state index contributed by atoms with van der Waals surface area (Å²) in [6.45, 7) is 0. The Balaban J connectivity index is 2.16. The minimum atomic E-state index is -0.553. The van der Waals surface area contributed by atoms with Crippen LogP contribution in [0.25, 0.3) is 0 Å². The van der Waals surface area contributed by atoms with Crippen LogP contribution in [0.3, 0.4) is 0 Å². The highest BCUT2D eigenvalue weighted by molar-refractivity contribution is 6.01. The van der Waals surface area contributed by atoms with Crippen LogP contribution in [0.1, 0.15) is 5.56 Å². The number of ether oxygens (including phenoxy) is 1. The molecule has 0 aliphatic heterocycles. The molecular weight excluding hydrogens is 273 g/mol. The minimum absolute atomic E-state index is 0.280. The number of para-hydroxylation sites is 1. The van der Waals surface area contributed by atoms with Gasteiger partial charge in [0.25, 0.3) is 0 Å². The molecule has 0 saturated heterocycles. The summed E-state index contributed by atoms with van der Waals surface area (Å²) in [7, 11) is 1.44. The smallest absolute Gasteiger partial charge is 0.323 e. The lowest BCUT2D eigenvalue weighted by atomic mass is 10.2. The summed E-state index contributed by atoms with van der Waals surface area (Å²) in [5.41, 5.74) is 0.994. The van der Waals surface area contributed by atoms with Crippen molar-refractivity contribution in [2.75, 3.05) is 17.7 Å². The number of benzene rings is 2. The van der Waals surface area contributed by atoms with Crippen LogP contribution in [0, 0.1) is 17.1 Å². The van der Waals surface area contributed by atoms with Gasteiger partial charge in [-0.2, -0.15) is 5.26 Å². The van der Waals surface area contributed by atoms with Gasteiger partial charge in [0.15, 0.2) is 0 Å². The summed E-state index contributed by atoms with van der Waals surface area (Å²) in [4.78, 5) is 11.9. The monoisotopic (exact) mass is 285 g/mol.